The van der Waals surface area contributed by atoms with Crippen molar-refractivity contribution >= 4 is 0 Å². The highest BCUT2D eigenvalue weighted by molar-refractivity contribution is 5.59. The molecule has 0 aromatic heterocycles. The summed E-state index contributed by atoms with van der Waals surface area (Å²) in [6, 6.07) is 25.4. The van der Waals surface area contributed by atoms with E-state index in [2.05, 4.69) is 62.4 Å². The van der Waals surface area contributed by atoms with E-state index in [0.29, 0.717) is 0 Å². The maximum Gasteiger partial charge on any atom is 0.0950 e. The molecule has 0 heterocycles. The van der Waals surface area contributed by atoms with Gasteiger partial charge in [-0.2, -0.15) is 10.5 Å². The Hall–Kier alpha value is -3.10. The average Bonchev–Trinajstić information content (AvgIpc) is 3.06. The van der Waals surface area contributed by atoms with Crippen LogP contribution in [0.2, 0.25) is 0 Å². The van der Waals surface area contributed by atoms with E-state index in [1.165, 1.54) is 0 Å². The fourth-order valence-electron chi connectivity index (χ4n) is 5.04. The lowest BCUT2D eigenvalue weighted by Crippen LogP contribution is -2.39. The first-order valence-electron chi connectivity index (χ1n) is 8.92. The standard InChI is InChI=1S/C24H20N2/c1-23-19(15-25)13-22(18-11-7-4-8-12-18)24(23,2)20(16-26)14-21(23)17-9-5-3-6-10-17/h3-14,21-22H,1-2H3. The fourth-order valence-corrected chi connectivity index (χ4v) is 5.04. The summed E-state index contributed by atoms with van der Waals surface area (Å²) in [6.45, 7) is 4.31. The highest BCUT2D eigenvalue weighted by atomic mass is 14.7. The minimum atomic E-state index is -0.436. The van der Waals surface area contributed by atoms with Gasteiger partial charge in [0.15, 0.2) is 0 Å². The van der Waals surface area contributed by atoms with Crippen molar-refractivity contribution < 1.29 is 0 Å². The highest BCUT2D eigenvalue weighted by Gasteiger charge is 2.64. The molecular weight excluding hydrogens is 316 g/mol. The monoisotopic (exact) mass is 336 g/mol. The molecule has 0 saturated heterocycles. The molecule has 26 heavy (non-hydrogen) atoms. The molecule has 126 valence electrons. The van der Waals surface area contributed by atoms with Crippen LogP contribution in [0.1, 0.15) is 36.8 Å². The van der Waals surface area contributed by atoms with Gasteiger partial charge in [-0.25, -0.2) is 0 Å². The maximum absolute atomic E-state index is 9.96. The van der Waals surface area contributed by atoms with Gasteiger partial charge in [-0.15, -0.1) is 0 Å². The van der Waals surface area contributed by atoms with Crippen molar-refractivity contribution in [2.75, 3.05) is 0 Å². The third-order valence-electron chi connectivity index (χ3n) is 6.67. The fraction of sp³-hybridized carbons (Fsp3) is 0.250. The highest BCUT2D eigenvalue weighted by Crippen LogP contribution is 2.71. The van der Waals surface area contributed by atoms with Gasteiger partial charge in [0, 0.05) is 33.8 Å². The molecule has 2 aromatic carbocycles. The lowest BCUT2D eigenvalue weighted by atomic mass is 9.56. The van der Waals surface area contributed by atoms with E-state index in [9.17, 15) is 10.5 Å². The van der Waals surface area contributed by atoms with E-state index < -0.39 is 10.8 Å². The average molecular weight is 336 g/mol. The van der Waals surface area contributed by atoms with Crippen LogP contribution in [0.4, 0.5) is 0 Å². The number of allylic oxidation sites excluding steroid dienone is 4. The van der Waals surface area contributed by atoms with Crippen LogP contribution in [-0.2, 0) is 0 Å². The first-order valence-corrected chi connectivity index (χ1v) is 8.92. The van der Waals surface area contributed by atoms with Gasteiger partial charge >= 0.3 is 0 Å². The van der Waals surface area contributed by atoms with Gasteiger partial charge in [0.1, 0.15) is 0 Å². The third kappa shape index (κ3) is 1.91. The van der Waals surface area contributed by atoms with Crippen molar-refractivity contribution in [1.82, 2.24) is 0 Å². The predicted octanol–water partition coefficient (Wildman–Crippen LogP) is 5.49. The molecule has 0 N–H and O–H groups in total. The molecule has 2 aromatic rings. The number of hydrogen-bond donors (Lipinski definition) is 0. The molecular formula is C24H20N2. The van der Waals surface area contributed by atoms with Gasteiger partial charge < -0.3 is 0 Å². The predicted molar refractivity (Wildman–Crippen MR) is 102 cm³/mol. The first kappa shape index (κ1) is 16.4. The maximum atomic E-state index is 9.96. The van der Waals surface area contributed by atoms with Crippen LogP contribution in [0, 0.1) is 33.5 Å². The van der Waals surface area contributed by atoms with Crippen LogP contribution < -0.4 is 0 Å². The molecule has 0 radical (unpaired) electrons. The molecule has 4 rings (SSSR count). The Morgan fingerprint density at radius 3 is 1.31 bits per heavy atom. The van der Waals surface area contributed by atoms with Crippen molar-refractivity contribution in [3.8, 4) is 12.1 Å². The van der Waals surface area contributed by atoms with Gasteiger partial charge in [0.25, 0.3) is 0 Å². The van der Waals surface area contributed by atoms with E-state index in [-0.39, 0.29) is 11.8 Å². The summed E-state index contributed by atoms with van der Waals surface area (Å²) in [6.07, 6.45) is 4.19. The van der Waals surface area contributed by atoms with Crippen molar-refractivity contribution in [3.05, 3.63) is 95.1 Å². The molecule has 2 aliphatic rings. The van der Waals surface area contributed by atoms with Crippen LogP contribution >= 0.6 is 0 Å². The number of nitriles is 2. The van der Waals surface area contributed by atoms with Gasteiger partial charge in [-0.1, -0.05) is 86.7 Å². The quantitative estimate of drug-likeness (QED) is 0.727. The Kier molecular flexibility index (Phi) is 3.60. The van der Waals surface area contributed by atoms with Crippen molar-refractivity contribution in [2.24, 2.45) is 10.8 Å². The van der Waals surface area contributed by atoms with Crippen molar-refractivity contribution in [3.63, 3.8) is 0 Å². The van der Waals surface area contributed by atoms with Crippen LogP contribution in [-0.4, -0.2) is 0 Å². The third-order valence-corrected chi connectivity index (χ3v) is 6.67. The lowest BCUT2D eigenvalue weighted by Gasteiger charge is -2.44. The normalized spacial score (nSPS) is 32.2. The Bertz CT molecular complexity index is 905. The van der Waals surface area contributed by atoms with Gasteiger partial charge in [0.05, 0.1) is 12.1 Å². The molecule has 0 saturated carbocycles. The van der Waals surface area contributed by atoms with Crippen LogP contribution in [0.5, 0.6) is 0 Å². The lowest BCUT2D eigenvalue weighted by molar-refractivity contribution is 0.171. The topological polar surface area (TPSA) is 47.6 Å². The van der Waals surface area contributed by atoms with E-state index in [1.54, 1.807) is 0 Å². The molecule has 4 unspecified atom stereocenters. The number of nitrogens with zero attached hydrogens (tertiary/aromatic N) is 2. The van der Waals surface area contributed by atoms with Crippen LogP contribution in [0.15, 0.2) is 84.0 Å². The Balaban J connectivity index is 1.95. The summed E-state index contributed by atoms with van der Waals surface area (Å²) in [5.41, 5.74) is 3.00. The van der Waals surface area contributed by atoms with E-state index >= 15 is 0 Å². The van der Waals surface area contributed by atoms with E-state index in [0.717, 1.165) is 22.3 Å². The summed E-state index contributed by atoms with van der Waals surface area (Å²) in [5.74, 6) is 0.0333. The summed E-state index contributed by atoms with van der Waals surface area (Å²) in [5, 5.41) is 19.9. The molecule has 0 aliphatic heterocycles. The van der Waals surface area contributed by atoms with Crippen LogP contribution in [0.25, 0.3) is 0 Å². The second-order valence-electron chi connectivity index (χ2n) is 7.57. The summed E-state index contributed by atoms with van der Waals surface area (Å²) < 4.78 is 0. The Morgan fingerprint density at radius 2 is 1.00 bits per heavy atom. The Labute approximate surface area is 154 Å². The minimum absolute atomic E-state index is 0.0166. The molecule has 0 spiro atoms. The molecule has 2 nitrogen and oxygen atoms in total. The molecule has 2 heteroatoms. The smallest absolute Gasteiger partial charge is 0.0950 e. The zero-order chi connectivity index (χ0) is 18.4. The number of fused-ring (bicyclic) bond motifs is 1. The molecule has 0 amide bonds. The second-order valence-corrected chi connectivity index (χ2v) is 7.57. The zero-order valence-electron chi connectivity index (χ0n) is 15.0. The zero-order valence-corrected chi connectivity index (χ0v) is 15.0. The van der Waals surface area contributed by atoms with Crippen LogP contribution in [0.3, 0.4) is 0 Å². The summed E-state index contributed by atoms with van der Waals surface area (Å²) in [4.78, 5) is 0. The molecule has 4 atom stereocenters. The summed E-state index contributed by atoms with van der Waals surface area (Å²) >= 11 is 0. The number of benzene rings is 2. The molecule has 2 aliphatic carbocycles. The molecule has 0 fully saturated rings. The van der Waals surface area contributed by atoms with Crippen molar-refractivity contribution in [1.29, 1.82) is 10.5 Å². The van der Waals surface area contributed by atoms with E-state index in [1.807, 2.05) is 36.4 Å². The van der Waals surface area contributed by atoms with Crippen molar-refractivity contribution in [2.45, 2.75) is 25.7 Å². The minimum Gasteiger partial charge on any atom is -0.193 e. The number of rotatable bonds is 2. The van der Waals surface area contributed by atoms with E-state index in [4.69, 9.17) is 0 Å². The molecule has 0 bridgehead atoms. The second kappa shape index (κ2) is 5.72. The summed E-state index contributed by atoms with van der Waals surface area (Å²) in [7, 11) is 0. The number of hydrogen-bond acceptors (Lipinski definition) is 2. The Morgan fingerprint density at radius 1 is 0.654 bits per heavy atom. The SMILES string of the molecule is CC12C(C#N)=CC(c3ccccc3)C1(C)C(C#N)=CC2c1ccccc1. The first-order chi connectivity index (χ1) is 12.6. The largest absolute Gasteiger partial charge is 0.193 e. The van der Waals surface area contributed by atoms with Gasteiger partial charge in [-0.05, 0) is 11.1 Å². The van der Waals surface area contributed by atoms with Gasteiger partial charge in [-0.3, -0.25) is 0 Å². The van der Waals surface area contributed by atoms with Gasteiger partial charge in [0.2, 0.25) is 0 Å².